The second-order valence-corrected chi connectivity index (χ2v) is 7.50. The molecule has 3 rings (SSSR count). The number of carbonyl (C=O) groups excluding carboxylic acids is 2. The first-order valence-corrected chi connectivity index (χ1v) is 9.86. The molecule has 0 bridgehead atoms. The Kier molecular flexibility index (Phi) is 5.91. The smallest absolute Gasteiger partial charge is 0.202 e. The predicted octanol–water partition coefficient (Wildman–Crippen LogP) is 5.07. The number of hydrogen-bond donors (Lipinski definition) is 0. The lowest BCUT2D eigenvalue weighted by Crippen LogP contribution is -2.13. The molecule has 0 unspecified atom stereocenters. The van der Waals surface area contributed by atoms with Crippen LogP contribution in [0.15, 0.2) is 47.8 Å². The molecule has 0 spiro atoms. The molecule has 0 aliphatic heterocycles. The molecule has 0 amide bonds. The second kappa shape index (κ2) is 8.35. The Labute approximate surface area is 163 Å². The van der Waals surface area contributed by atoms with Crippen LogP contribution in [-0.4, -0.2) is 22.7 Å². The molecule has 1 aromatic carbocycles. The van der Waals surface area contributed by atoms with E-state index in [2.05, 4.69) is 16.0 Å². The minimum atomic E-state index is -0.0470. The molecule has 0 saturated heterocycles. The van der Waals surface area contributed by atoms with E-state index in [0.717, 1.165) is 17.9 Å². The molecule has 140 valence electrons. The number of aromatic nitrogens is 1. The van der Waals surface area contributed by atoms with E-state index >= 15 is 0 Å². The molecule has 0 saturated carbocycles. The summed E-state index contributed by atoms with van der Waals surface area (Å²) in [5.74, 6) is 0.633. The van der Waals surface area contributed by atoms with Crippen molar-refractivity contribution in [3.8, 4) is 5.75 Å². The summed E-state index contributed by atoms with van der Waals surface area (Å²) in [6, 6.07) is 13.0. The van der Waals surface area contributed by atoms with Gasteiger partial charge in [0.1, 0.15) is 5.75 Å². The van der Waals surface area contributed by atoms with E-state index < -0.39 is 0 Å². The van der Waals surface area contributed by atoms with Crippen LogP contribution in [0.2, 0.25) is 0 Å². The molecule has 2 aromatic heterocycles. The summed E-state index contributed by atoms with van der Waals surface area (Å²) in [4.78, 5) is 25.6. The van der Waals surface area contributed by atoms with Crippen LogP contribution in [-0.2, 0) is 6.54 Å². The predicted molar refractivity (Wildman–Crippen MR) is 108 cm³/mol. The highest BCUT2D eigenvalue weighted by Crippen LogP contribution is 2.20. The van der Waals surface area contributed by atoms with Gasteiger partial charge in [-0.05, 0) is 55.6 Å². The van der Waals surface area contributed by atoms with Crippen LogP contribution in [0.1, 0.15) is 50.3 Å². The Balaban J connectivity index is 1.67. The van der Waals surface area contributed by atoms with Gasteiger partial charge in [0.2, 0.25) is 5.78 Å². The number of aryl methyl sites for hydroxylation is 1. The Hall–Kier alpha value is -2.66. The third-order valence-corrected chi connectivity index (χ3v) is 5.50. The standard InChI is InChI=1S/C22H23NO3S/c1-4-21(24)17-7-9-18(10-8-17)26-14-22(25)20-12-15(2)23(16(20)3)13-19-6-5-11-27-19/h5-12H,4,13-14H2,1-3H3. The first-order valence-electron chi connectivity index (χ1n) is 8.98. The molecule has 5 heteroatoms. The van der Waals surface area contributed by atoms with Crippen molar-refractivity contribution in [2.45, 2.75) is 33.7 Å². The van der Waals surface area contributed by atoms with E-state index in [0.29, 0.717) is 23.3 Å². The van der Waals surface area contributed by atoms with Crippen LogP contribution in [0.3, 0.4) is 0 Å². The monoisotopic (exact) mass is 381 g/mol. The Morgan fingerprint density at radius 3 is 2.44 bits per heavy atom. The van der Waals surface area contributed by atoms with Crippen LogP contribution in [0.25, 0.3) is 0 Å². The fourth-order valence-electron chi connectivity index (χ4n) is 3.05. The van der Waals surface area contributed by atoms with Crippen molar-refractivity contribution in [2.75, 3.05) is 6.61 Å². The summed E-state index contributed by atoms with van der Waals surface area (Å²) in [7, 11) is 0. The zero-order chi connectivity index (χ0) is 19.4. The molecular formula is C22H23NO3S. The van der Waals surface area contributed by atoms with E-state index in [4.69, 9.17) is 4.74 Å². The van der Waals surface area contributed by atoms with E-state index in [9.17, 15) is 9.59 Å². The maximum atomic E-state index is 12.6. The van der Waals surface area contributed by atoms with E-state index in [-0.39, 0.29) is 18.2 Å². The quantitative estimate of drug-likeness (QED) is 0.512. The fraction of sp³-hybridized carbons (Fsp3) is 0.273. The first kappa shape index (κ1) is 19.1. The molecule has 0 aliphatic rings. The average Bonchev–Trinajstić information content (AvgIpc) is 3.29. The van der Waals surface area contributed by atoms with Crippen molar-refractivity contribution in [3.05, 3.63) is 75.2 Å². The Morgan fingerprint density at radius 2 is 1.81 bits per heavy atom. The Bertz CT molecular complexity index is 937. The van der Waals surface area contributed by atoms with Gasteiger partial charge in [0.25, 0.3) is 0 Å². The van der Waals surface area contributed by atoms with Crippen LogP contribution in [0.4, 0.5) is 0 Å². The van der Waals surface area contributed by atoms with Crippen LogP contribution in [0, 0.1) is 13.8 Å². The van der Waals surface area contributed by atoms with E-state index in [1.165, 1.54) is 4.88 Å². The van der Waals surface area contributed by atoms with Gasteiger partial charge >= 0.3 is 0 Å². The van der Waals surface area contributed by atoms with E-state index in [1.54, 1.807) is 35.6 Å². The Morgan fingerprint density at radius 1 is 1.07 bits per heavy atom. The van der Waals surface area contributed by atoms with Crippen LogP contribution in [0.5, 0.6) is 5.75 Å². The van der Waals surface area contributed by atoms with Gasteiger partial charge in [-0.25, -0.2) is 0 Å². The largest absolute Gasteiger partial charge is 0.485 e. The maximum Gasteiger partial charge on any atom is 0.202 e. The molecule has 27 heavy (non-hydrogen) atoms. The van der Waals surface area contributed by atoms with Gasteiger partial charge in [-0.15, -0.1) is 11.3 Å². The number of thiophene rings is 1. The van der Waals surface area contributed by atoms with E-state index in [1.807, 2.05) is 32.9 Å². The van der Waals surface area contributed by atoms with Gasteiger partial charge in [0.05, 0.1) is 6.54 Å². The van der Waals surface area contributed by atoms with Crippen LogP contribution < -0.4 is 4.74 Å². The highest BCUT2D eigenvalue weighted by Gasteiger charge is 2.17. The van der Waals surface area contributed by atoms with Gasteiger partial charge in [-0.3, -0.25) is 9.59 Å². The third kappa shape index (κ3) is 4.37. The molecule has 4 nitrogen and oxygen atoms in total. The number of rotatable bonds is 8. The molecule has 0 radical (unpaired) electrons. The minimum absolute atomic E-state index is 0.0234. The highest BCUT2D eigenvalue weighted by atomic mass is 32.1. The third-order valence-electron chi connectivity index (χ3n) is 4.64. The number of nitrogens with zero attached hydrogens (tertiary/aromatic N) is 1. The topological polar surface area (TPSA) is 48.3 Å². The lowest BCUT2D eigenvalue weighted by atomic mass is 10.1. The lowest BCUT2D eigenvalue weighted by molar-refractivity contribution is 0.0919. The molecule has 0 fully saturated rings. The number of Topliss-reactive ketones (excluding diaryl/α,β-unsaturated/α-hetero) is 2. The minimum Gasteiger partial charge on any atom is -0.485 e. The van der Waals surface area contributed by atoms with Crippen molar-refractivity contribution in [2.24, 2.45) is 0 Å². The normalized spacial score (nSPS) is 10.8. The zero-order valence-electron chi connectivity index (χ0n) is 15.8. The van der Waals surface area contributed by atoms with Gasteiger partial charge in [-0.2, -0.15) is 0 Å². The zero-order valence-corrected chi connectivity index (χ0v) is 16.6. The van der Waals surface area contributed by atoms with Crippen molar-refractivity contribution in [1.29, 1.82) is 0 Å². The molecule has 0 N–H and O–H groups in total. The molecular weight excluding hydrogens is 358 g/mol. The molecule has 2 heterocycles. The summed E-state index contributed by atoms with van der Waals surface area (Å²) in [6.07, 6.45) is 0.472. The highest BCUT2D eigenvalue weighted by molar-refractivity contribution is 7.09. The van der Waals surface area contributed by atoms with Gasteiger partial charge < -0.3 is 9.30 Å². The van der Waals surface area contributed by atoms with Crippen molar-refractivity contribution in [3.63, 3.8) is 0 Å². The summed E-state index contributed by atoms with van der Waals surface area (Å²) < 4.78 is 7.79. The lowest BCUT2D eigenvalue weighted by Gasteiger charge is -2.09. The summed E-state index contributed by atoms with van der Waals surface area (Å²) >= 11 is 1.71. The molecule has 0 atom stereocenters. The first-order chi connectivity index (χ1) is 13.0. The van der Waals surface area contributed by atoms with Crippen molar-refractivity contribution >= 4 is 22.9 Å². The number of ketones is 2. The number of ether oxygens (including phenoxy) is 1. The summed E-state index contributed by atoms with van der Waals surface area (Å²) in [6.45, 7) is 6.57. The van der Waals surface area contributed by atoms with Crippen molar-refractivity contribution in [1.82, 2.24) is 4.57 Å². The number of benzene rings is 1. The summed E-state index contributed by atoms with van der Waals surface area (Å²) in [5, 5.41) is 2.06. The maximum absolute atomic E-state index is 12.6. The van der Waals surface area contributed by atoms with Gasteiger partial charge in [0.15, 0.2) is 12.4 Å². The summed E-state index contributed by atoms with van der Waals surface area (Å²) in [5.41, 5.74) is 3.38. The van der Waals surface area contributed by atoms with Crippen molar-refractivity contribution < 1.29 is 14.3 Å². The molecule has 0 aliphatic carbocycles. The molecule has 3 aromatic rings. The second-order valence-electron chi connectivity index (χ2n) is 6.46. The van der Waals surface area contributed by atoms with Crippen LogP contribution >= 0.6 is 11.3 Å². The number of hydrogen-bond acceptors (Lipinski definition) is 4. The van der Waals surface area contributed by atoms with Gasteiger partial charge in [-0.1, -0.05) is 13.0 Å². The SMILES string of the molecule is CCC(=O)c1ccc(OCC(=O)c2cc(C)n(Cc3cccs3)c2C)cc1. The fourth-order valence-corrected chi connectivity index (χ4v) is 3.75. The number of carbonyl (C=O) groups is 2. The van der Waals surface area contributed by atoms with Gasteiger partial charge in [0, 0.05) is 33.8 Å². The average molecular weight is 381 g/mol.